The van der Waals surface area contributed by atoms with Crippen LogP contribution < -0.4 is 10.1 Å². The number of rotatable bonds is 7. The molecule has 0 aliphatic rings. The van der Waals surface area contributed by atoms with Gasteiger partial charge >= 0.3 is 0 Å². The van der Waals surface area contributed by atoms with Gasteiger partial charge in [-0.2, -0.15) is 5.26 Å². The maximum Gasteiger partial charge on any atom is 0.119 e. The summed E-state index contributed by atoms with van der Waals surface area (Å²) in [4.78, 5) is 0. The molecule has 0 fully saturated rings. The van der Waals surface area contributed by atoms with E-state index in [-0.39, 0.29) is 0 Å². The Labute approximate surface area is 126 Å². The van der Waals surface area contributed by atoms with Crippen LogP contribution in [0.3, 0.4) is 0 Å². The van der Waals surface area contributed by atoms with Crippen molar-refractivity contribution in [1.82, 2.24) is 5.32 Å². The van der Waals surface area contributed by atoms with E-state index in [9.17, 15) is 0 Å². The van der Waals surface area contributed by atoms with Crippen molar-refractivity contribution in [3.05, 3.63) is 65.2 Å². The van der Waals surface area contributed by atoms with Crippen LogP contribution in [0.5, 0.6) is 5.75 Å². The zero-order chi connectivity index (χ0) is 14.9. The van der Waals surface area contributed by atoms with Gasteiger partial charge < -0.3 is 10.1 Å². The molecule has 0 bridgehead atoms. The van der Waals surface area contributed by atoms with Gasteiger partial charge in [-0.15, -0.1) is 0 Å². The summed E-state index contributed by atoms with van der Waals surface area (Å²) in [5.74, 6) is 0.821. The standard InChI is InChI=1S/C18H20N2O/c1-2-11-20-13-15-7-9-18(10-8-15)21-14-17-6-4-3-5-16(17)12-19/h3-10,20H,2,11,13-14H2,1H3. The lowest BCUT2D eigenvalue weighted by Crippen LogP contribution is -2.13. The quantitative estimate of drug-likeness (QED) is 0.788. The van der Waals surface area contributed by atoms with Gasteiger partial charge in [0.1, 0.15) is 12.4 Å². The fourth-order valence-corrected chi connectivity index (χ4v) is 2.03. The molecule has 0 spiro atoms. The summed E-state index contributed by atoms with van der Waals surface area (Å²) in [7, 11) is 0. The van der Waals surface area contributed by atoms with Gasteiger partial charge in [-0.1, -0.05) is 37.3 Å². The number of ether oxygens (including phenoxy) is 1. The SMILES string of the molecule is CCCNCc1ccc(OCc2ccccc2C#N)cc1. The van der Waals surface area contributed by atoms with E-state index in [0.717, 1.165) is 30.8 Å². The van der Waals surface area contributed by atoms with E-state index in [1.807, 2.05) is 30.3 Å². The Hall–Kier alpha value is -2.31. The molecule has 0 amide bonds. The maximum atomic E-state index is 9.04. The van der Waals surface area contributed by atoms with Crippen molar-refractivity contribution in [3.63, 3.8) is 0 Å². The van der Waals surface area contributed by atoms with E-state index >= 15 is 0 Å². The molecule has 0 radical (unpaired) electrons. The Morgan fingerprint density at radius 3 is 2.57 bits per heavy atom. The van der Waals surface area contributed by atoms with Crippen molar-refractivity contribution in [2.45, 2.75) is 26.5 Å². The van der Waals surface area contributed by atoms with Gasteiger partial charge in [0, 0.05) is 12.1 Å². The van der Waals surface area contributed by atoms with E-state index in [4.69, 9.17) is 10.00 Å². The summed E-state index contributed by atoms with van der Waals surface area (Å²) in [6.45, 7) is 4.48. The first kappa shape index (κ1) is 15.1. The third kappa shape index (κ3) is 4.62. The monoisotopic (exact) mass is 280 g/mol. The molecule has 0 saturated carbocycles. The van der Waals surface area contributed by atoms with E-state index in [2.05, 4.69) is 30.4 Å². The maximum absolute atomic E-state index is 9.04. The molecule has 0 aliphatic heterocycles. The average Bonchev–Trinajstić information content (AvgIpc) is 2.54. The molecule has 0 atom stereocenters. The highest BCUT2D eigenvalue weighted by Gasteiger charge is 2.02. The lowest BCUT2D eigenvalue weighted by molar-refractivity contribution is 0.306. The minimum absolute atomic E-state index is 0.414. The zero-order valence-electron chi connectivity index (χ0n) is 12.3. The van der Waals surface area contributed by atoms with Crippen molar-refractivity contribution in [2.75, 3.05) is 6.54 Å². The second-order valence-electron chi connectivity index (χ2n) is 4.88. The molecule has 2 aromatic rings. The lowest BCUT2D eigenvalue weighted by atomic mass is 10.1. The fraction of sp³-hybridized carbons (Fsp3) is 0.278. The summed E-state index contributed by atoms with van der Waals surface area (Å²) in [5, 5.41) is 12.4. The molecule has 0 saturated heterocycles. The van der Waals surface area contributed by atoms with Gasteiger partial charge in [0.25, 0.3) is 0 Å². The fourth-order valence-electron chi connectivity index (χ4n) is 2.03. The third-order valence-corrected chi connectivity index (χ3v) is 3.21. The van der Waals surface area contributed by atoms with Crippen LogP contribution in [0.1, 0.15) is 30.0 Å². The van der Waals surface area contributed by atoms with Crippen molar-refractivity contribution in [2.24, 2.45) is 0 Å². The second kappa shape index (κ2) is 8.08. The molecule has 0 heterocycles. The molecule has 0 unspecified atom stereocenters. The highest BCUT2D eigenvalue weighted by molar-refractivity contribution is 5.37. The Bertz CT molecular complexity index is 599. The highest BCUT2D eigenvalue weighted by atomic mass is 16.5. The first-order valence-corrected chi connectivity index (χ1v) is 7.24. The van der Waals surface area contributed by atoms with Gasteiger partial charge in [0.15, 0.2) is 0 Å². The summed E-state index contributed by atoms with van der Waals surface area (Å²) in [6.07, 6.45) is 1.14. The van der Waals surface area contributed by atoms with E-state index in [1.54, 1.807) is 6.07 Å². The topological polar surface area (TPSA) is 45.0 Å². The number of hydrogen-bond donors (Lipinski definition) is 1. The molecule has 0 aliphatic carbocycles. The Kier molecular flexibility index (Phi) is 5.81. The largest absolute Gasteiger partial charge is 0.489 e. The van der Waals surface area contributed by atoms with Crippen molar-refractivity contribution in [3.8, 4) is 11.8 Å². The molecule has 2 rings (SSSR count). The smallest absolute Gasteiger partial charge is 0.119 e. The van der Waals surface area contributed by atoms with Crippen molar-refractivity contribution < 1.29 is 4.74 Å². The summed E-state index contributed by atoms with van der Waals surface area (Å²) in [5.41, 5.74) is 2.82. The average molecular weight is 280 g/mol. The van der Waals surface area contributed by atoms with Gasteiger partial charge in [-0.25, -0.2) is 0 Å². The molecule has 0 aromatic heterocycles. The minimum Gasteiger partial charge on any atom is -0.489 e. The van der Waals surface area contributed by atoms with Crippen molar-refractivity contribution in [1.29, 1.82) is 5.26 Å². The normalized spacial score (nSPS) is 10.1. The van der Waals surface area contributed by atoms with E-state index in [1.165, 1.54) is 5.56 Å². The number of nitrogens with zero attached hydrogens (tertiary/aromatic N) is 1. The van der Waals surface area contributed by atoms with Crippen LogP contribution in [0.4, 0.5) is 0 Å². The van der Waals surface area contributed by atoms with Gasteiger partial charge in [-0.3, -0.25) is 0 Å². The first-order valence-electron chi connectivity index (χ1n) is 7.24. The molecule has 1 N–H and O–H groups in total. The second-order valence-corrected chi connectivity index (χ2v) is 4.88. The highest BCUT2D eigenvalue weighted by Crippen LogP contribution is 2.15. The molecule has 2 aromatic carbocycles. The summed E-state index contributed by atoms with van der Waals surface area (Å²) >= 11 is 0. The summed E-state index contributed by atoms with van der Waals surface area (Å²) < 4.78 is 5.74. The Morgan fingerprint density at radius 1 is 1.10 bits per heavy atom. The number of hydrogen-bond acceptors (Lipinski definition) is 3. The van der Waals surface area contributed by atoms with Crippen LogP contribution in [0.2, 0.25) is 0 Å². The molecular formula is C18H20N2O. The Balaban J connectivity index is 1.90. The number of benzene rings is 2. The first-order chi connectivity index (χ1) is 10.3. The summed E-state index contributed by atoms with van der Waals surface area (Å²) in [6, 6.07) is 17.8. The van der Waals surface area contributed by atoms with Crippen LogP contribution in [0.15, 0.2) is 48.5 Å². The number of nitriles is 1. The Morgan fingerprint density at radius 2 is 1.86 bits per heavy atom. The van der Waals surface area contributed by atoms with Gasteiger partial charge in [0.05, 0.1) is 11.6 Å². The zero-order valence-corrected chi connectivity index (χ0v) is 12.3. The van der Waals surface area contributed by atoms with Gasteiger partial charge in [0.2, 0.25) is 0 Å². The predicted molar refractivity (Wildman–Crippen MR) is 83.9 cm³/mol. The molecule has 21 heavy (non-hydrogen) atoms. The van der Waals surface area contributed by atoms with Crippen LogP contribution >= 0.6 is 0 Å². The predicted octanol–water partition coefficient (Wildman–Crippen LogP) is 3.64. The molecule has 108 valence electrons. The lowest BCUT2D eigenvalue weighted by Gasteiger charge is -2.09. The van der Waals surface area contributed by atoms with Crippen LogP contribution in [-0.4, -0.2) is 6.54 Å². The molecule has 3 heteroatoms. The van der Waals surface area contributed by atoms with Crippen LogP contribution in [0, 0.1) is 11.3 Å². The van der Waals surface area contributed by atoms with Crippen LogP contribution in [-0.2, 0) is 13.2 Å². The van der Waals surface area contributed by atoms with Crippen molar-refractivity contribution >= 4 is 0 Å². The third-order valence-electron chi connectivity index (χ3n) is 3.21. The molecular weight excluding hydrogens is 260 g/mol. The minimum atomic E-state index is 0.414. The van der Waals surface area contributed by atoms with Crippen LogP contribution in [0.25, 0.3) is 0 Å². The van der Waals surface area contributed by atoms with E-state index < -0.39 is 0 Å². The molecule has 3 nitrogen and oxygen atoms in total. The van der Waals surface area contributed by atoms with Gasteiger partial charge in [-0.05, 0) is 36.7 Å². The van der Waals surface area contributed by atoms with E-state index in [0.29, 0.717) is 12.2 Å². The number of nitrogens with one attached hydrogen (secondary N) is 1.